The summed E-state index contributed by atoms with van der Waals surface area (Å²) in [6, 6.07) is 3.07. The van der Waals surface area contributed by atoms with Crippen LogP contribution in [0.25, 0.3) is 10.9 Å². The third-order valence-corrected chi connectivity index (χ3v) is 5.53. The van der Waals surface area contributed by atoms with Gasteiger partial charge in [-0.05, 0) is 34.7 Å². The van der Waals surface area contributed by atoms with Gasteiger partial charge < -0.3 is 4.74 Å². The van der Waals surface area contributed by atoms with E-state index in [1.165, 1.54) is 0 Å². The van der Waals surface area contributed by atoms with Crippen LogP contribution < -0.4 is 0 Å². The van der Waals surface area contributed by atoms with Gasteiger partial charge in [-0.1, -0.05) is 31.2 Å². The van der Waals surface area contributed by atoms with E-state index in [1.54, 1.807) is 6.20 Å². The molecule has 0 N–H and O–H groups in total. The zero-order chi connectivity index (χ0) is 14.0. The first-order valence-corrected chi connectivity index (χ1v) is 11.3. The zero-order valence-electron chi connectivity index (χ0n) is 11.3. The fourth-order valence-corrected chi connectivity index (χ4v) is 3.62. The highest BCUT2D eigenvalue weighted by atomic mass is 127. The maximum atomic E-state index is 6.09. The van der Waals surface area contributed by atoms with Crippen LogP contribution in [0.15, 0.2) is 12.3 Å². The Morgan fingerprint density at radius 2 is 2.16 bits per heavy atom. The van der Waals surface area contributed by atoms with Crippen molar-refractivity contribution >= 4 is 53.2 Å². The van der Waals surface area contributed by atoms with E-state index in [0.717, 1.165) is 27.3 Å². The third kappa shape index (κ3) is 3.90. The predicted molar refractivity (Wildman–Crippen MR) is 89.4 cm³/mol. The van der Waals surface area contributed by atoms with Crippen molar-refractivity contribution in [1.29, 1.82) is 0 Å². The first-order chi connectivity index (χ1) is 8.88. The molecule has 0 saturated heterocycles. The van der Waals surface area contributed by atoms with Crippen molar-refractivity contribution in [2.45, 2.75) is 32.4 Å². The highest BCUT2D eigenvalue weighted by Gasteiger charge is 2.14. The molecule has 4 nitrogen and oxygen atoms in total. The van der Waals surface area contributed by atoms with Crippen LogP contribution in [0.1, 0.15) is 0 Å². The van der Waals surface area contributed by atoms with Crippen molar-refractivity contribution < 1.29 is 4.74 Å². The maximum Gasteiger partial charge on any atom is 0.141 e. The number of fused-ring (bicyclic) bond motifs is 1. The molecule has 2 rings (SSSR count). The number of nitrogens with zero attached hydrogens (tertiary/aromatic N) is 3. The molecule has 2 aromatic rings. The molecule has 0 atom stereocenters. The van der Waals surface area contributed by atoms with Crippen LogP contribution in [-0.4, -0.2) is 29.4 Å². The second-order valence-electron chi connectivity index (χ2n) is 5.63. The fourth-order valence-electron chi connectivity index (χ4n) is 1.67. The summed E-state index contributed by atoms with van der Waals surface area (Å²) < 4.78 is 8.43. The van der Waals surface area contributed by atoms with Gasteiger partial charge >= 0.3 is 0 Å². The van der Waals surface area contributed by atoms with E-state index in [2.05, 4.69) is 52.3 Å². The maximum absolute atomic E-state index is 6.09. The van der Waals surface area contributed by atoms with Gasteiger partial charge in [0.15, 0.2) is 0 Å². The molecule has 7 heteroatoms. The first kappa shape index (κ1) is 15.2. The normalized spacial score (nSPS) is 12.3. The van der Waals surface area contributed by atoms with Crippen molar-refractivity contribution in [2.24, 2.45) is 0 Å². The SMILES string of the molecule is C[Si](C)(C)CCOCn1nc(I)c2c(Cl)nccc21. The molecule has 0 unspecified atom stereocenters. The number of rotatable bonds is 5. The number of pyridine rings is 1. The lowest BCUT2D eigenvalue weighted by Gasteiger charge is -2.15. The van der Waals surface area contributed by atoms with E-state index in [4.69, 9.17) is 16.3 Å². The highest BCUT2D eigenvalue weighted by Crippen LogP contribution is 2.25. The molecule has 0 saturated carbocycles. The van der Waals surface area contributed by atoms with Crippen LogP contribution in [0, 0.1) is 3.70 Å². The monoisotopic (exact) mass is 409 g/mol. The van der Waals surface area contributed by atoms with E-state index < -0.39 is 8.07 Å². The second kappa shape index (κ2) is 6.07. The lowest BCUT2D eigenvalue weighted by Crippen LogP contribution is -2.22. The number of hydrogen-bond donors (Lipinski definition) is 0. The lowest BCUT2D eigenvalue weighted by molar-refractivity contribution is 0.0814. The van der Waals surface area contributed by atoms with Crippen LogP contribution >= 0.6 is 34.2 Å². The van der Waals surface area contributed by atoms with Crippen LogP contribution in [-0.2, 0) is 11.5 Å². The molecule has 0 aliphatic carbocycles. The molecule has 0 aromatic carbocycles. The van der Waals surface area contributed by atoms with Gasteiger partial charge in [-0.25, -0.2) is 9.67 Å². The first-order valence-electron chi connectivity index (χ1n) is 6.13. The molecule has 0 amide bonds. The second-order valence-corrected chi connectivity index (χ2v) is 12.6. The Morgan fingerprint density at radius 1 is 1.42 bits per heavy atom. The van der Waals surface area contributed by atoms with Crippen LogP contribution in [0.2, 0.25) is 30.8 Å². The van der Waals surface area contributed by atoms with E-state index in [0.29, 0.717) is 11.9 Å². The molecule has 0 aliphatic rings. The molecule has 0 aliphatic heterocycles. The fraction of sp³-hybridized carbons (Fsp3) is 0.500. The van der Waals surface area contributed by atoms with Gasteiger partial charge in [-0.2, -0.15) is 5.10 Å². The predicted octanol–water partition coefficient (Wildman–Crippen LogP) is 4.00. The Hall–Kier alpha value is -0.183. The van der Waals surface area contributed by atoms with Gasteiger partial charge in [-0.15, -0.1) is 0 Å². The van der Waals surface area contributed by atoms with E-state index in [-0.39, 0.29) is 0 Å². The van der Waals surface area contributed by atoms with Gasteiger partial charge in [0.05, 0.1) is 10.9 Å². The van der Waals surface area contributed by atoms with Crippen molar-refractivity contribution in [3.05, 3.63) is 21.1 Å². The standard InChI is InChI=1S/C12H17ClIN3OSi/c1-19(2,3)7-6-18-8-17-9-4-5-15-11(13)10(9)12(14)16-17/h4-5H,6-8H2,1-3H3. The molecule has 2 aromatic heterocycles. The van der Waals surface area contributed by atoms with E-state index in [1.807, 2.05) is 10.7 Å². The molecule has 0 radical (unpaired) electrons. The highest BCUT2D eigenvalue weighted by molar-refractivity contribution is 14.1. The Balaban J connectivity index is 2.08. The van der Waals surface area contributed by atoms with Crippen LogP contribution in [0.4, 0.5) is 0 Å². The van der Waals surface area contributed by atoms with Gasteiger partial charge in [0.1, 0.15) is 15.6 Å². The van der Waals surface area contributed by atoms with Crippen LogP contribution in [0.5, 0.6) is 0 Å². The Bertz CT molecular complexity index is 582. The van der Waals surface area contributed by atoms with Gasteiger partial charge in [-0.3, -0.25) is 0 Å². The van der Waals surface area contributed by atoms with Crippen molar-refractivity contribution in [1.82, 2.24) is 14.8 Å². The molecular weight excluding hydrogens is 393 g/mol. The summed E-state index contributed by atoms with van der Waals surface area (Å²) in [6.45, 7) is 8.27. The molecule has 19 heavy (non-hydrogen) atoms. The van der Waals surface area contributed by atoms with Crippen molar-refractivity contribution in [2.75, 3.05) is 6.61 Å². The molecule has 0 fully saturated rings. The Morgan fingerprint density at radius 3 is 2.84 bits per heavy atom. The summed E-state index contributed by atoms with van der Waals surface area (Å²) in [6.07, 6.45) is 1.70. The molecule has 104 valence electrons. The summed E-state index contributed by atoms with van der Waals surface area (Å²) in [5.41, 5.74) is 0.970. The largest absolute Gasteiger partial charge is 0.360 e. The summed E-state index contributed by atoms with van der Waals surface area (Å²) in [5, 5.41) is 5.85. The summed E-state index contributed by atoms with van der Waals surface area (Å²) >= 11 is 8.27. The molecular formula is C12H17ClIN3OSi. The van der Waals surface area contributed by atoms with Crippen LogP contribution in [0.3, 0.4) is 0 Å². The van der Waals surface area contributed by atoms with E-state index >= 15 is 0 Å². The van der Waals surface area contributed by atoms with Gasteiger partial charge in [0.25, 0.3) is 0 Å². The molecule has 0 spiro atoms. The average Bonchev–Trinajstić information content (AvgIpc) is 2.62. The zero-order valence-corrected chi connectivity index (χ0v) is 15.2. The minimum atomic E-state index is -1.04. The minimum Gasteiger partial charge on any atom is -0.360 e. The topological polar surface area (TPSA) is 39.9 Å². The van der Waals surface area contributed by atoms with Gasteiger partial charge in [0, 0.05) is 20.9 Å². The number of aromatic nitrogens is 3. The lowest BCUT2D eigenvalue weighted by atomic mass is 10.3. The average molecular weight is 410 g/mol. The Labute approximate surface area is 132 Å². The Kier molecular flexibility index (Phi) is 4.86. The molecule has 0 bridgehead atoms. The van der Waals surface area contributed by atoms with Gasteiger partial charge in [0.2, 0.25) is 0 Å². The summed E-state index contributed by atoms with van der Waals surface area (Å²) in [5.74, 6) is 0. The number of halogens is 2. The van der Waals surface area contributed by atoms with Crippen molar-refractivity contribution in [3.8, 4) is 0 Å². The summed E-state index contributed by atoms with van der Waals surface area (Å²) in [7, 11) is -1.04. The minimum absolute atomic E-state index is 0.463. The van der Waals surface area contributed by atoms with E-state index in [9.17, 15) is 0 Å². The molecule has 2 heterocycles. The number of hydrogen-bond acceptors (Lipinski definition) is 3. The van der Waals surface area contributed by atoms with Crippen molar-refractivity contribution in [3.63, 3.8) is 0 Å². The quantitative estimate of drug-likeness (QED) is 0.324. The third-order valence-electron chi connectivity index (χ3n) is 2.79. The summed E-state index contributed by atoms with van der Waals surface area (Å²) in [4.78, 5) is 4.08. The smallest absolute Gasteiger partial charge is 0.141 e. The number of ether oxygens (including phenoxy) is 1.